The molecule has 8 aliphatic rings. The number of carboxylic acids is 1. The van der Waals surface area contributed by atoms with Crippen LogP contribution >= 0.6 is 0 Å². The fraction of sp³-hybridized carbons (Fsp3) is 0.907. The number of fused-ring (bicyclic) bond motifs is 7. The van der Waals surface area contributed by atoms with Gasteiger partial charge in [0.05, 0.1) is 36.9 Å². The molecule has 4 saturated carbocycles. The number of allylic oxidation sites excluding steroid dienone is 2. The van der Waals surface area contributed by atoms with E-state index in [4.69, 9.17) is 73.0 Å². The van der Waals surface area contributed by atoms with Crippen LogP contribution in [0.2, 0.25) is 163 Å². The Morgan fingerprint density at radius 2 is 0.801 bits per heavy atom. The van der Waals surface area contributed by atoms with Crippen molar-refractivity contribution in [3.8, 4) is 0 Å². The summed E-state index contributed by atoms with van der Waals surface area (Å²) in [4.78, 5) is 31.7. The first-order valence-electron chi connectivity index (χ1n) is 56.6. The molecule has 28 heteroatoms. The van der Waals surface area contributed by atoms with Gasteiger partial charge in [-0.1, -0.05) is 277 Å². The van der Waals surface area contributed by atoms with E-state index in [2.05, 4.69) is 241 Å². The molecule has 0 radical (unpaired) electrons. The van der Waals surface area contributed by atoms with E-state index >= 15 is 4.79 Å². The molecule has 0 bridgehead atoms. The minimum atomic E-state index is -2.94. The second-order valence-electron chi connectivity index (χ2n) is 46.0. The zero-order chi connectivity index (χ0) is 101. The van der Waals surface area contributed by atoms with Crippen LogP contribution in [0.25, 0.3) is 0 Å². The maximum atomic E-state index is 16.9. The van der Waals surface area contributed by atoms with Crippen LogP contribution in [-0.4, -0.2) is 203 Å². The number of carbonyl (C=O) groups excluding carboxylic acids is 1. The quantitative estimate of drug-likeness (QED) is 0.0279. The number of hydrogen-bond donors (Lipinski definition) is 1. The third kappa shape index (κ3) is 23.8. The Morgan fingerprint density at radius 3 is 1.26 bits per heavy atom. The van der Waals surface area contributed by atoms with Crippen molar-refractivity contribution in [2.45, 2.75) is 561 Å². The summed E-state index contributed by atoms with van der Waals surface area (Å²) < 4.78 is 131. The van der Waals surface area contributed by atoms with Crippen molar-refractivity contribution in [3.05, 3.63) is 47.5 Å². The minimum Gasteiger partial charge on any atom is -0.481 e. The molecule has 3 aliphatic heterocycles. The van der Waals surface area contributed by atoms with Crippen LogP contribution in [0.1, 0.15) is 299 Å². The highest BCUT2D eigenvalue weighted by Crippen LogP contribution is 2.77. The van der Waals surface area contributed by atoms with Gasteiger partial charge in [0.25, 0.3) is 0 Å². The lowest BCUT2D eigenvalue weighted by Gasteiger charge is -2.72. The van der Waals surface area contributed by atoms with Gasteiger partial charge in [-0.3, -0.25) is 4.79 Å². The normalized spacial score (nSPS) is 33.2. The molecular formula is C108H206O19Si9. The van der Waals surface area contributed by atoms with Crippen molar-refractivity contribution in [2.75, 3.05) is 13.2 Å². The average Bonchev–Trinajstić information content (AvgIpc) is 0.667. The van der Waals surface area contributed by atoms with Gasteiger partial charge in [0, 0.05) is 0 Å². The zero-order valence-electron chi connectivity index (χ0n) is 93.3. The van der Waals surface area contributed by atoms with Crippen LogP contribution in [0.3, 0.4) is 0 Å². The number of ether oxygens (including phenoxy) is 7. The van der Waals surface area contributed by atoms with Gasteiger partial charge in [0.1, 0.15) is 61.5 Å². The molecule has 3 heterocycles. The molecule has 9 rings (SSSR count). The Labute approximate surface area is 840 Å². The van der Waals surface area contributed by atoms with Crippen LogP contribution in [0.5, 0.6) is 0 Å². The van der Waals surface area contributed by atoms with E-state index in [-0.39, 0.29) is 59.2 Å². The maximum absolute atomic E-state index is 16.9. The summed E-state index contributed by atoms with van der Waals surface area (Å²) in [5.74, 6) is -0.993. The molecule has 5 aliphatic carbocycles. The molecule has 1 aromatic carbocycles. The lowest BCUT2D eigenvalue weighted by molar-refractivity contribution is -0.388. The van der Waals surface area contributed by atoms with Crippen molar-refractivity contribution in [3.63, 3.8) is 0 Å². The highest BCUT2D eigenvalue weighted by atomic mass is 28.4. The first kappa shape index (κ1) is 119. The number of carboxylic acid groups (broad SMARTS) is 1. The van der Waals surface area contributed by atoms with Crippen LogP contribution in [0, 0.1) is 50.2 Å². The molecule has 3 saturated heterocycles. The molecule has 19 nitrogen and oxygen atoms in total. The van der Waals surface area contributed by atoms with Crippen molar-refractivity contribution in [1.29, 1.82) is 0 Å². The second-order valence-corrected chi connectivity index (χ2v) is 88.5. The Morgan fingerprint density at radius 1 is 0.390 bits per heavy atom. The van der Waals surface area contributed by atoms with Gasteiger partial charge < -0.3 is 78.1 Å². The van der Waals surface area contributed by atoms with Crippen molar-refractivity contribution >= 4 is 86.8 Å². The summed E-state index contributed by atoms with van der Waals surface area (Å²) in [5.41, 5.74) is -0.0829. The molecule has 23 atom stereocenters. The van der Waals surface area contributed by atoms with Gasteiger partial charge in [-0.15, -0.1) is 0 Å². The number of rotatable bonds is 56. The van der Waals surface area contributed by atoms with E-state index < -0.39 is 196 Å². The van der Waals surface area contributed by atoms with Gasteiger partial charge >= 0.3 is 11.9 Å². The fourth-order valence-electron chi connectivity index (χ4n) is 28.3. The standard InChI is InChI=1S/C108H206O19Si9/c1-35-128(36-2,37-3)114-79-83-89(122-131(44-10,45-11)46-12)92(124-133(50-16,51-17)52-18)97(127-136(59-25,60-26)61-27)101(115-83)119-95-91(117-99-96(126-135(56-22,57-23)58-24)90(123-132(47-13,48-14)49-15)84(78-113-99)120-129(38-4,39-5)40-6)93(125-134(53-19,54-20)55-21)94(98(109)112-77-80-65-63-62-64-66-80)118-100(95)116-87-70-71-105(32)85(104(87,30)31)69-72-106(33)86(105)68-67-81-82-75-103(28,29)73-74-108(82,102(110)111)88(76-107(81,106)34)121-130(41-7,42-8)43-9/h62-67,82-97,99-101H,35-61,68-79H2,1-34H3,(H,110,111)/t82?,83?,84-,85?,86?,87+,88?,89+,90?,91?,92?,93+,94?,95?,96?,97?,99+,100-,101+,105?,106?,107?,108-/m1/s1. The van der Waals surface area contributed by atoms with E-state index in [9.17, 15) is 9.90 Å². The molecular weight excluding hydrogens is 1850 g/mol. The first-order chi connectivity index (χ1) is 64.5. The third-order valence-electron chi connectivity index (χ3n) is 40.9. The molecule has 136 heavy (non-hydrogen) atoms. The molecule has 0 spiro atoms. The summed E-state index contributed by atoms with van der Waals surface area (Å²) in [5, 5.41) is 12.1. The van der Waals surface area contributed by atoms with E-state index in [1.54, 1.807) is 0 Å². The second kappa shape index (κ2) is 49.6. The van der Waals surface area contributed by atoms with E-state index in [1.165, 1.54) is 5.57 Å². The average molecular weight is 2060 g/mol. The van der Waals surface area contributed by atoms with Gasteiger partial charge in [-0.05, 0) is 271 Å². The number of aliphatic carboxylic acids is 1. The molecule has 0 amide bonds. The van der Waals surface area contributed by atoms with E-state index in [0.29, 0.717) is 19.3 Å². The molecule has 1 aromatic rings. The monoisotopic (exact) mass is 2060 g/mol. The molecule has 0 aromatic heterocycles. The smallest absolute Gasteiger partial charge is 0.338 e. The van der Waals surface area contributed by atoms with Gasteiger partial charge in [-0.2, -0.15) is 0 Å². The number of esters is 1. The topological polar surface area (TPSA) is 202 Å². The number of benzene rings is 1. The maximum Gasteiger partial charge on any atom is 0.338 e. The Bertz CT molecular complexity index is 3760. The molecule has 788 valence electrons. The van der Waals surface area contributed by atoms with E-state index in [0.717, 1.165) is 207 Å². The largest absolute Gasteiger partial charge is 0.481 e. The lowest BCUT2D eigenvalue weighted by atomic mass is 9.33. The third-order valence-corrected chi connectivity index (χ3v) is 82.7. The first-order valence-corrected chi connectivity index (χ1v) is 79.4. The van der Waals surface area contributed by atoms with Gasteiger partial charge in [-0.25, -0.2) is 4.79 Å². The highest BCUT2D eigenvalue weighted by Gasteiger charge is 2.74. The van der Waals surface area contributed by atoms with Crippen LogP contribution < -0.4 is 0 Å². The Hall–Kier alpha value is -0.748. The Kier molecular flexibility index (Phi) is 43.3. The van der Waals surface area contributed by atoms with Crippen molar-refractivity contribution in [1.82, 2.24) is 0 Å². The fourth-order valence-corrected chi connectivity index (χ4v) is 53.7. The van der Waals surface area contributed by atoms with Gasteiger partial charge in [0.2, 0.25) is 0 Å². The van der Waals surface area contributed by atoms with Crippen molar-refractivity contribution < 1.29 is 87.7 Å². The molecule has 15 unspecified atom stereocenters. The Balaban J connectivity index is 1.38. The summed E-state index contributed by atoms with van der Waals surface area (Å²) in [7, 11) is -23.4. The number of carbonyl (C=O) groups is 2. The molecule has 1 N–H and O–H groups in total. The number of hydrogen-bond acceptors (Lipinski definition) is 18. The predicted octanol–water partition coefficient (Wildman–Crippen LogP) is 29.3. The summed E-state index contributed by atoms with van der Waals surface area (Å²) in [6, 6.07) is 34.0. The highest BCUT2D eigenvalue weighted by molar-refractivity contribution is 6.77. The van der Waals surface area contributed by atoms with Crippen LogP contribution in [0.4, 0.5) is 0 Å². The zero-order valence-corrected chi connectivity index (χ0v) is 102. The SMILES string of the molecule is CC[Si](CC)(CC)OCC1O[C@@H](OC2C(O[C@@H]3OC[C@@H](O[Si](CC)(CC)CC)C(O[Si](CC)(CC)CC)C3O[Si](CC)(CC)CC)[C@H](O[Si](CC)(CC)CC)C(C(=O)OCc3ccccc3)O[C@H]2O[C@H]2CCC3(C)C(CCC4(C)C3CC=C3C5CC(C)(C)CC[C@]5(C(=O)O)C(O[Si](CC)(CC)CC)CC34C)C2(C)C)C(O[Si](CC)(CC)CC)C(O[Si](CC)(CC)CC)[C@H]1O[Si](CC)(CC)CC. The predicted molar refractivity (Wildman–Crippen MR) is 580 cm³/mol. The van der Waals surface area contributed by atoms with Crippen molar-refractivity contribution in [2.24, 2.45) is 50.2 Å². The van der Waals surface area contributed by atoms with Crippen LogP contribution in [-0.2, 0) is 89.2 Å². The summed E-state index contributed by atoms with van der Waals surface area (Å²) >= 11 is 0. The minimum absolute atomic E-state index is 0.0102. The lowest BCUT2D eigenvalue weighted by Crippen LogP contribution is -2.72. The molecule has 7 fully saturated rings. The van der Waals surface area contributed by atoms with E-state index in [1.807, 2.05) is 30.3 Å². The van der Waals surface area contributed by atoms with Crippen LogP contribution in [0.15, 0.2) is 42.0 Å². The summed E-state index contributed by atoms with van der Waals surface area (Å²) in [6.45, 7) is 80.4. The van der Waals surface area contributed by atoms with Gasteiger partial charge in [0.15, 0.2) is 99.8 Å². The summed E-state index contributed by atoms with van der Waals surface area (Å²) in [6.07, 6.45) is -4.39.